The van der Waals surface area contributed by atoms with Gasteiger partial charge in [-0.05, 0) is 37.1 Å². The zero-order chi connectivity index (χ0) is 17.6. The minimum atomic E-state index is -0.00534. The Morgan fingerprint density at radius 2 is 2.28 bits per heavy atom. The van der Waals surface area contributed by atoms with Gasteiger partial charge in [-0.15, -0.1) is 0 Å². The van der Waals surface area contributed by atoms with Gasteiger partial charge in [0.1, 0.15) is 5.75 Å². The molecule has 1 saturated heterocycles. The first-order valence-electron chi connectivity index (χ1n) is 8.95. The maximum Gasteiger partial charge on any atom is 0.317 e. The summed E-state index contributed by atoms with van der Waals surface area (Å²) in [5, 5.41) is 4.08. The molecular formula is C19H27N3O3. The minimum absolute atomic E-state index is 0.00534. The van der Waals surface area contributed by atoms with Crippen molar-refractivity contribution in [2.24, 2.45) is 5.92 Å². The number of rotatable bonds is 7. The summed E-state index contributed by atoms with van der Waals surface area (Å²) in [5.41, 5.74) is 2.03. The summed E-state index contributed by atoms with van der Waals surface area (Å²) in [5.74, 6) is 1.29. The summed E-state index contributed by atoms with van der Waals surface area (Å²) in [7, 11) is 1.66. The van der Waals surface area contributed by atoms with Gasteiger partial charge in [-0.1, -0.05) is 6.92 Å². The van der Waals surface area contributed by atoms with E-state index in [1.807, 2.05) is 29.2 Å². The Morgan fingerprint density at radius 3 is 3.08 bits per heavy atom. The van der Waals surface area contributed by atoms with Crippen LogP contribution in [-0.2, 0) is 11.3 Å². The van der Waals surface area contributed by atoms with Crippen LogP contribution in [0.25, 0.3) is 10.9 Å². The fourth-order valence-electron chi connectivity index (χ4n) is 3.22. The monoisotopic (exact) mass is 345 g/mol. The lowest BCUT2D eigenvalue weighted by atomic mass is 10.1. The molecule has 1 aliphatic heterocycles. The number of benzene rings is 1. The molecule has 6 heteroatoms. The molecule has 1 aliphatic rings. The van der Waals surface area contributed by atoms with Gasteiger partial charge in [0.25, 0.3) is 0 Å². The molecule has 2 aromatic rings. The molecule has 1 fully saturated rings. The van der Waals surface area contributed by atoms with Crippen molar-refractivity contribution in [1.82, 2.24) is 15.2 Å². The molecule has 2 heterocycles. The molecule has 0 spiro atoms. The molecule has 2 amide bonds. The highest BCUT2D eigenvalue weighted by atomic mass is 16.5. The standard InChI is InChI=1S/C19H27N3O3/c1-3-8-25-13-14-6-7-22(12-14)19(23)20-11-16-9-15-10-17(24-2)4-5-18(15)21-16/h4-5,9-10,14,21H,3,6-8,11-13H2,1-2H3,(H,20,23)/t14-/m0/s1. The van der Waals surface area contributed by atoms with Gasteiger partial charge in [0.15, 0.2) is 0 Å². The highest BCUT2D eigenvalue weighted by Gasteiger charge is 2.26. The van der Waals surface area contributed by atoms with Crippen LogP contribution in [0.15, 0.2) is 24.3 Å². The summed E-state index contributed by atoms with van der Waals surface area (Å²) in [6, 6.07) is 7.93. The number of aromatic nitrogens is 1. The van der Waals surface area contributed by atoms with E-state index in [-0.39, 0.29) is 6.03 Å². The lowest BCUT2D eigenvalue weighted by Crippen LogP contribution is -2.38. The van der Waals surface area contributed by atoms with Crippen molar-refractivity contribution in [3.63, 3.8) is 0 Å². The normalized spacial score (nSPS) is 17.2. The number of carbonyl (C=O) groups excluding carboxylic acids is 1. The molecule has 2 N–H and O–H groups in total. The number of fused-ring (bicyclic) bond motifs is 1. The number of likely N-dealkylation sites (tertiary alicyclic amines) is 1. The van der Waals surface area contributed by atoms with Crippen LogP contribution < -0.4 is 10.1 Å². The zero-order valence-electron chi connectivity index (χ0n) is 15.0. The first-order chi connectivity index (χ1) is 12.2. The van der Waals surface area contributed by atoms with E-state index in [0.29, 0.717) is 12.5 Å². The maximum absolute atomic E-state index is 12.3. The van der Waals surface area contributed by atoms with Crippen LogP contribution in [0.4, 0.5) is 4.79 Å². The van der Waals surface area contributed by atoms with E-state index < -0.39 is 0 Å². The number of hydrogen-bond donors (Lipinski definition) is 2. The van der Waals surface area contributed by atoms with Crippen molar-refractivity contribution in [1.29, 1.82) is 0 Å². The fraction of sp³-hybridized carbons (Fsp3) is 0.526. The van der Waals surface area contributed by atoms with Crippen LogP contribution >= 0.6 is 0 Å². The number of nitrogens with zero attached hydrogens (tertiary/aromatic N) is 1. The topological polar surface area (TPSA) is 66.6 Å². The van der Waals surface area contributed by atoms with Crippen LogP contribution in [0.1, 0.15) is 25.5 Å². The predicted molar refractivity (Wildman–Crippen MR) is 97.9 cm³/mol. The molecule has 0 unspecified atom stereocenters. The summed E-state index contributed by atoms with van der Waals surface area (Å²) in [6.07, 6.45) is 2.05. The molecule has 25 heavy (non-hydrogen) atoms. The predicted octanol–water partition coefficient (Wildman–Crippen LogP) is 3.13. The van der Waals surface area contributed by atoms with E-state index in [0.717, 1.165) is 61.5 Å². The highest BCUT2D eigenvalue weighted by molar-refractivity contribution is 5.82. The van der Waals surface area contributed by atoms with Gasteiger partial charge in [0.2, 0.25) is 0 Å². The molecule has 0 radical (unpaired) electrons. The van der Waals surface area contributed by atoms with Crippen LogP contribution in [0.3, 0.4) is 0 Å². The fourth-order valence-corrected chi connectivity index (χ4v) is 3.22. The molecule has 0 aliphatic carbocycles. The molecule has 1 aromatic heterocycles. The van der Waals surface area contributed by atoms with Crippen LogP contribution in [0, 0.1) is 5.92 Å². The van der Waals surface area contributed by atoms with E-state index >= 15 is 0 Å². The Hall–Kier alpha value is -2.21. The van der Waals surface area contributed by atoms with Gasteiger partial charge in [-0.25, -0.2) is 4.79 Å². The number of aromatic amines is 1. The zero-order valence-corrected chi connectivity index (χ0v) is 15.0. The molecule has 1 atom stereocenters. The smallest absolute Gasteiger partial charge is 0.317 e. The third-order valence-electron chi connectivity index (χ3n) is 4.59. The summed E-state index contributed by atoms with van der Waals surface area (Å²) in [6.45, 7) is 5.72. The third-order valence-corrected chi connectivity index (χ3v) is 4.59. The third kappa shape index (κ3) is 4.45. The largest absolute Gasteiger partial charge is 0.497 e. The molecule has 0 bridgehead atoms. The number of methoxy groups -OCH3 is 1. The van der Waals surface area contributed by atoms with Crippen LogP contribution in [0.2, 0.25) is 0 Å². The van der Waals surface area contributed by atoms with Gasteiger partial charge in [0, 0.05) is 42.2 Å². The number of carbonyl (C=O) groups is 1. The molecule has 3 rings (SSSR count). The average Bonchev–Trinajstić information content (AvgIpc) is 3.25. The number of H-pyrrole nitrogens is 1. The second kappa shape index (κ2) is 8.25. The minimum Gasteiger partial charge on any atom is -0.497 e. The highest BCUT2D eigenvalue weighted by Crippen LogP contribution is 2.21. The van der Waals surface area contributed by atoms with Crippen molar-refractivity contribution < 1.29 is 14.3 Å². The van der Waals surface area contributed by atoms with E-state index in [4.69, 9.17) is 9.47 Å². The number of amides is 2. The average molecular weight is 345 g/mol. The van der Waals surface area contributed by atoms with Crippen molar-refractivity contribution in [3.8, 4) is 5.75 Å². The molecule has 1 aromatic carbocycles. The molecule has 0 saturated carbocycles. The van der Waals surface area contributed by atoms with Crippen molar-refractivity contribution in [2.45, 2.75) is 26.3 Å². The summed E-state index contributed by atoms with van der Waals surface area (Å²) < 4.78 is 10.8. The second-order valence-corrected chi connectivity index (χ2v) is 6.58. The Labute approximate surface area is 148 Å². The Kier molecular flexibility index (Phi) is 5.81. The van der Waals surface area contributed by atoms with E-state index in [2.05, 4.69) is 17.2 Å². The second-order valence-electron chi connectivity index (χ2n) is 6.58. The molecule has 136 valence electrons. The van der Waals surface area contributed by atoms with E-state index in [1.165, 1.54) is 0 Å². The van der Waals surface area contributed by atoms with Gasteiger partial charge in [-0.3, -0.25) is 0 Å². The summed E-state index contributed by atoms with van der Waals surface area (Å²) in [4.78, 5) is 17.6. The lowest BCUT2D eigenvalue weighted by Gasteiger charge is -2.17. The number of hydrogen-bond acceptors (Lipinski definition) is 3. The number of urea groups is 1. The number of nitrogens with one attached hydrogen (secondary N) is 2. The molecular weight excluding hydrogens is 318 g/mol. The maximum atomic E-state index is 12.3. The molecule has 6 nitrogen and oxygen atoms in total. The lowest BCUT2D eigenvalue weighted by molar-refractivity contribution is 0.102. The van der Waals surface area contributed by atoms with Gasteiger partial charge in [-0.2, -0.15) is 0 Å². The first kappa shape index (κ1) is 17.6. The Morgan fingerprint density at radius 1 is 1.40 bits per heavy atom. The van der Waals surface area contributed by atoms with Crippen LogP contribution in [0.5, 0.6) is 5.75 Å². The van der Waals surface area contributed by atoms with Gasteiger partial charge >= 0.3 is 6.03 Å². The summed E-state index contributed by atoms with van der Waals surface area (Å²) >= 11 is 0. The van der Waals surface area contributed by atoms with Crippen molar-refractivity contribution in [2.75, 3.05) is 33.4 Å². The SMILES string of the molecule is CCCOC[C@H]1CCN(C(=O)NCc2cc3cc(OC)ccc3[nH]2)C1. The first-order valence-corrected chi connectivity index (χ1v) is 8.95. The Bertz CT molecular complexity index is 713. The van der Waals surface area contributed by atoms with Crippen molar-refractivity contribution >= 4 is 16.9 Å². The van der Waals surface area contributed by atoms with Gasteiger partial charge < -0.3 is 24.7 Å². The van der Waals surface area contributed by atoms with E-state index in [1.54, 1.807) is 7.11 Å². The Balaban J connectivity index is 1.49. The van der Waals surface area contributed by atoms with Crippen LogP contribution in [-0.4, -0.2) is 49.3 Å². The van der Waals surface area contributed by atoms with Gasteiger partial charge in [0.05, 0.1) is 20.3 Å². The van der Waals surface area contributed by atoms with Crippen molar-refractivity contribution in [3.05, 3.63) is 30.0 Å². The quantitative estimate of drug-likeness (QED) is 0.758. The number of ether oxygens (including phenoxy) is 2. The van der Waals surface area contributed by atoms with E-state index in [9.17, 15) is 4.79 Å².